The van der Waals surface area contributed by atoms with Gasteiger partial charge in [-0.05, 0) is 40.9 Å². The van der Waals surface area contributed by atoms with Crippen LogP contribution in [0.3, 0.4) is 0 Å². The van der Waals surface area contributed by atoms with Crippen LogP contribution in [0.25, 0.3) is 0 Å². The summed E-state index contributed by atoms with van der Waals surface area (Å²) in [6.07, 6.45) is 0.990. The smallest absolute Gasteiger partial charge is 0.321 e. The van der Waals surface area contributed by atoms with Gasteiger partial charge in [0.15, 0.2) is 5.96 Å². The van der Waals surface area contributed by atoms with Crippen molar-refractivity contribution in [1.82, 2.24) is 16.0 Å². The van der Waals surface area contributed by atoms with Crippen molar-refractivity contribution in [2.24, 2.45) is 22.2 Å². The van der Waals surface area contributed by atoms with Crippen LogP contribution in [0.2, 0.25) is 0 Å². The molecule has 0 radical (unpaired) electrons. The molecule has 14 heteroatoms. The SMILES string of the molecule is CN[C@@H](C)C(=O)O.CN[C@@H](CC(N)=O)C(=O)O.CN[C@@H](CCCN=C(N)N)C(=O)O. The first kappa shape index (κ1) is 31.7. The maximum atomic E-state index is 10.5. The normalized spacial score (nSPS) is 12.5. The molecule has 176 valence electrons. The first-order valence-electron chi connectivity index (χ1n) is 8.87. The van der Waals surface area contributed by atoms with E-state index < -0.39 is 41.9 Å². The summed E-state index contributed by atoms with van der Waals surface area (Å²) in [5.41, 5.74) is 15.0. The highest BCUT2D eigenvalue weighted by Crippen LogP contribution is 1.97. The molecule has 0 aromatic rings. The van der Waals surface area contributed by atoms with Gasteiger partial charge in [-0.15, -0.1) is 0 Å². The van der Waals surface area contributed by atoms with Crippen molar-refractivity contribution in [2.45, 2.75) is 44.3 Å². The molecule has 0 unspecified atom stereocenters. The Kier molecular flexibility index (Phi) is 20.5. The highest BCUT2D eigenvalue weighted by molar-refractivity contribution is 5.83. The molecule has 0 bridgehead atoms. The van der Waals surface area contributed by atoms with Crippen molar-refractivity contribution < 1.29 is 34.5 Å². The van der Waals surface area contributed by atoms with Crippen molar-refractivity contribution in [3.05, 3.63) is 0 Å². The van der Waals surface area contributed by atoms with Gasteiger partial charge >= 0.3 is 17.9 Å². The lowest BCUT2D eigenvalue weighted by atomic mass is 10.1. The molecule has 0 spiro atoms. The van der Waals surface area contributed by atoms with E-state index in [2.05, 4.69) is 20.9 Å². The van der Waals surface area contributed by atoms with Crippen LogP contribution in [0.1, 0.15) is 26.2 Å². The zero-order chi connectivity index (χ0) is 24.3. The molecule has 0 saturated heterocycles. The Balaban J connectivity index is -0.000000383. The number of primary amides is 1. The van der Waals surface area contributed by atoms with Crippen LogP contribution in [-0.2, 0) is 19.2 Å². The topological polar surface area (TPSA) is 255 Å². The van der Waals surface area contributed by atoms with Crippen molar-refractivity contribution in [3.8, 4) is 0 Å². The van der Waals surface area contributed by atoms with E-state index in [0.29, 0.717) is 19.4 Å². The zero-order valence-corrected chi connectivity index (χ0v) is 17.7. The molecule has 0 aromatic carbocycles. The molecule has 0 aromatic heterocycles. The van der Waals surface area contributed by atoms with E-state index in [-0.39, 0.29) is 12.4 Å². The van der Waals surface area contributed by atoms with E-state index in [1.807, 2.05) is 0 Å². The van der Waals surface area contributed by atoms with E-state index in [1.54, 1.807) is 21.0 Å². The van der Waals surface area contributed by atoms with Crippen LogP contribution < -0.4 is 33.2 Å². The summed E-state index contributed by atoms with van der Waals surface area (Å²) in [6.45, 7) is 2.05. The summed E-state index contributed by atoms with van der Waals surface area (Å²) >= 11 is 0. The average Bonchev–Trinajstić information content (AvgIpc) is 2.65. The van der Waals surface area contributed by atoms with Gasteiger partial charge in [0.05, 0.1) is 6.42 Å². The van der Waals surface area contributed by atoms with Gasteiger partial charge in [0.1, 0.15) is 18.1 Å². The number of nitrogens with zero attached hydrogens (tertiary/aromatic N) is 1. The molecule has 0 rings (SSSR count). The van der Waals surface area contributed by atoms with E-state index >= 15 is 0 Å². The molecule has 0 heterocycles. The first-order chi connectivity index (χ1) is 13.8. The van der Waals surface area contributed by atoms with Crippen molar-refractivity contribution in [2.75, 3.05) is 27.7 Å². The van der Waals surface area contributed by atoms with E-state index in [0.717, 1.165) is 0 Å². The van der Waals surface area contributed by atoms with Gasteiger partial charge in [-0.1, -0.05) is 0 Å². The zero-order valence-electron chi connectivity index (χ0n) is 17.7. The Bertz CT molecular complexity index is 554. The summed E-state index contributed by atoms with van der Waals surface area (Å²) in [4.78, 5) is 44.5. The number of hydrogen-bond donors (Lipinski definition) is 9. The molecule has 0 saturated carbocycles. The molecule has 0 fully saturated rings. The number of rotatable bonds is 12. The summed E-state index contributed by atoms with van der Waals surface area (Å²) in [5.74, 6) is -3.32. The molecule has 30 heavy (non-hydrogen) atoms. The molecule has 1 amide bonds. The third-order valence-corrected chi connectivity index (χ3v) is 3.45. The number of nitrogens with two attached hydrogens (primary N) is 3. The van der Waals surface area contributed by atoms with Crippen LogP contribution in [-0.4, -0.2) is 90.9 Å². The van der Waals surface area contributed by atoms with Crippen LogP contribution in [0, 0.1) is 0 Å². The van der Waals surface area contributed by atoms with Gasteiger partial charge in [-0.25, -0.2) is 0 Å². The van der Waals surface area contributed by atoms with Crippen molar-refractivity contribution in [1.29, 1.82) is 0 Å². The number of guanidine groups is 1. The molecule has 0 aliphatic heterocycles. The second kappa shape index (κ2) is 19.4. The van der Waals surface area contributed by atoms with Gasteiger partial charge in [-0.3, -0.25) is 24.2 Å². The third kappa shape index (κ3) is 21.3. The summed E-state index contributed by atoms with van der Waals surface area (Å²) in [7, 11) is 4.68. The highest BCUT2D eigenvalue weighted by Gasteiger charge is 2.16. The van der Waals surface area contributed by atoms with Gasteiger partial charge in [0.2, 0.25) is 5.91 Å². The number of carboxylic acid groups (broad SMARTS) is 3. The van der Waals surface area contributed by atoms with Gasteiger partial charge < -0.3 is 48.5 Å². The Hall–Kier alpha value is -2.97. The fourth-order valence-electron chi connectivity index (χ4n) is 1.53. The van der Waals surface area contributed by atoms with Crippen LogP contribution in [0.5, 0.6) is 0 Å². The number of nitrogens with one attached hydrogen (secondary N) is 3. The summed E-state index contributed by atoms with van der Waals surface area (Å²) in [6, 6.07) is -1.81. The van der Waals surface area contributed by atoms with Crippen LogP contribution in [0.15, 0.2) is 4.99 Å². The predicted molar refractivity (Wildman–Crippen MR) is 111 cm³/mol. The van der Waals surface area contributed by atoms with Crippen molar-refractivity contribution >= 4 is 29.8 Å². The van der Waals surface area contributed by atoms with Gasteiger partial charge in [0.25, 0.3) is 0 Å². The number of likely N-dealkylation sites (N-methyl/N-ethyl adjacent to an activating group) is 3. The molecule has 3 atom stereocenters. The Morgan fingerprint density at radius 1 is 0.833 bits per heavy atom. The summed E-state index contributed by atoms with van der Waals surface area (Å²) in [5, 5.41) is 32.8. The number of hydrogen-bond acceptors (Lipinski definition) is 8. The van der Waals surface area contributed by atoms with Gasteiger partial charge in [-0.2, -0.15) is 0 Å². The molecule has 0 aliphatic carbocycles. The Morgan fingerprint density at radius 3 is 1.50 bits per heavy atom. The lowest BCUT2D eigenvalue weighted by molar-refractivity contribution is -0.141. The maximum absolute atomic E-state index is 10.5. The predicted octanol–water partition coefficient (Wildman–Crippen LogP) is -3.07. The second-order valence-electron chi connectivity index (χ2n) is 5.83. The number of carbonyl (C=O) groups excluding carboxylic acids is 1. The average molecular weight is 437 g/mol. The minimum absolute atomic E-state index is 0.0383. The monoisotopic (exact) mass is 437 g/mol. The van der Waals surface area contributed by atoms with E-state index in [1.165, 1.54) is 7.05 Å². The quantitative estimate of drug-likeness (QED) is 0.0836. The minimum atomic E-state index is -1.07. The van der Waals surface area contributed by atoms with Gasteiger partial charge in [0, 0.05) is 6.54 Å². The largest absolute Gasteiger partial charge is 0.480 e. The van der Waals surface area contributed by atoms with Crippen molar-refractivity contribution in [3.63, 3.8) is 0 Å². The molecule has 0 aliphatic rings. The van der Waals surface area contributed by atoms with E-state index in [4.69, 9.17) is 32.5 Å². The number of carboxylic acids is 3. The molecule has 12 N–H and O–H groups in total. The maximum Gasteiger partial charge on any atom is 0.321 e. The Labute approximate surface area is 175 Å². The summed E-state index contributed by atoms with van der Waals surface area (Å²) < 4.78 is 0. The number of aliphatic imine (C=N–C) groups is 1. The third-order valence-electron chi connectivity index (χ3n) is 3.45. The van der Waals surface area contributed by atoms with E-state index in [9.17, 15) is 19.2 Å². The number of carbonyl (C=O) groups is 4. The number of aliphatic carboxylic acids is 3. The van der Waals surface area contributed by atoms with Crippen LogP contribution in [0.4, 0.5) is 0 Å². The molecular weight excluding hydrogens is 402 g/mol. The lowest BCUT2D eigenvalue weighted by Gasteiger charge is -2.09. The Morgan fingerprint density at radius 2 is 1.30 bits per heavy atom. The minimum Gasteiger partial charge on any atom is -0.480 e. The standard InChI is InChI=1S/C7H16N4O2.C5H10N2O3.C4H9NO2/c1-10-5(6(12)13)3-2-4-11-7(8)9;1-7-3(5(9)10)2-4(6)8;1-3(5-2)4(6)7/h5,10H,2-4H2,1H3,(H,12,13)(H4,8,9,11);3,7H,2H2,1H3,(H2,6,8)(H,9,10);3,5H,1-2H3,(H,6,7)/t5-;2*3-/m000/s1. The number of amides is 1. The molecule has 14 nitrogen and oxygen atoms in total. The second-order valence-corrected chi connectivity index (χ2v) is 5.83. The molecular formula is C16H35N7O7. The lowest BCUT2D eigenvalue weighted by Crippen LogP contribution is -2.37. The van der Waals surface area contributed by atoms with Crippen LogP contribution >= 0.6 is 0 Å². The fourth-order valence-corrected chi connectivity index (χ4v) is 1.53. The first-order valence-corrected chi connectivity index (χ1v) is 8.87. The fraction of sp³-hybridized carbons (Fsp3) is 0.688. The highest BCUT2D eigenvalue weighted by atomic mass is 16.4.